The first-order chi connectivity index (χ1) is 21.1. The highest BCUT2D eigenvalue weighted by molar-refractivity contribution is 5.87. The molecule has 1 heterocycles. The summed E-state index contributed by atoms with van der Waals surface area (Å²) in [5.74, 6) is -0.454. The van der Waals surface area contributed by atoms with Crippen molar-refractivity contribution in [1.29, 1.82) is 0 Å². The summed E-state index contributed by atoms with van der Waals surface area (Å²) < 4.78 is 17.3. The molecule has 0 aliphatic heterocycles. The highest BCUT2D eigenvalue weighted by Crippen LogP contribution is 2.36. The van der Waals surface area contributed by atoms with E-state index >= 15 is 0 Å². The molecule has 5 rings (SSSR count). The number of rotatable bonds is 13. The maximum Gasteiger partial charge on any atom is 0.337 e. The highest BCUT2D eigenvalue weighted by atomic mass is 16.5. The lowest BCUT2D eigenvalue weighted by Gasteiger charge is -2.25. The average molecular weight is 574 g/mol. The van der Waals surface area contributed by atoms with E-state index in [0.717, 1.165) is 22.3 Å². The molecule has 1 N–H and O–H groups in total. The fourth-order valence-corrected chi connectivity index (χ4v) is 4.81. The van der Waals surface area contributed by atoms with Gasteiger partial charge in [-0.2, -0.15) is 0 Å². The first-order valence-electron chi connectivity index (χ1n) is 13.4. The van der Waals surface area contributed by atoms with Gasteiger partial charge in [0.1, 0.15) is 12.4 Å². The Hall–Kier alpha value is -5.76. The second-order valence-electron chi connectivity index (χ2n) is 9.56. The van der Waals surface area contributed by atoms with Gasteiger partial charge in [-0.3, -0.25) is 14.6 Å². The minimum atomic E-state index is -1.04. The topological polar surface area (TPSA) is 112 Å². The molecular formula is C35H27NO7. The van der Waals surface area contributed by atoms with E-state index in [4.69, 9.17) is 19.3 Å². The van der Waals surface area contributed by atoms with E-state index in [-0.39, 0.29) is 12.2 Å². The number of carboxylic acid groups (broad SMARTS) is 1. The van der Waals surface area contributed by atoms with Crippen LogP contribution in [0.15, 0.2) is 121 Å². The number of ether oxygens (including phenoxy) is 3. The van der Waals surface area contributed by atoms with Crippen LogP contribution in [0, 0.1) is 0 Å². The number of benzene rings is 4. The van der Waals surface area contributed by atoms with Gasteiger partial charge in [0.25, 0.3) is 12.9 Å². The second kappa shape index (κ2) is 13.7. The summed E-state index contributed by atoms with van der Waals surface area (Å²) in [6, 6.07) is 34.7. The molecule has 0 aliphatic carbocycles. The molecule has 2 unspecified atom stereocenters. The summed E-state index contributed by atoms with van der Waals surface area (Å²) in [5, 5.41) is 9.14. The average Bonchev–Trinajstić information content (AvgIpc) is 3.06. The van der Waals surface area contributed by atoms with E-state index in [1.54, 1.807) is 6.07 Å². The third kappa shape index (κ3) is 6.94. The van der Waals surface area contributed by atoms with E-state index in [2.05, 4.69) is 4.98 Å². The Kier molecular flexibility index (Phi) is 9.19. The lowest BCUT2D eigenvalue weighted by molar-refractivity contribution is -0.134. The maximum atomic E-state index is 11.7. The fraction of sp³-hybridized carbons (Fsp3) is 0.0857. The van der Waals surface area contributed by atoms with E-state index in [9.17, 15) is 14.4 Å². The van der Waals surface area contributed by atoms with Crippen LogP contribution in [0.2, 0.25) is 0 Å². The molecule has 214 valence electrons. The molecule has 0 fully saturated rings. The van der Waals surface area contributed by atoms with Gasteiger partial charge in [-0.25, -0.2) is 4.79 Å². The van der Waals surface area contributed by atoms with E-state index in [0.29, 0.717) is 35.5 Å². The number of pyridine rings is 1. The molecule has 0 amide bonds. The lowest BCUT2D eigenvalue weighted by Crippen LogP contribution is -2.14. The minimum absolute atomic E-state index is 0.107. The van der Waals surface area contributed by atoms with Gasteiger partial charge >= 0.3 is 5.97 Å². The highest BCUT2D eigenvalue weighted by Gasteiger charge is 2.26. The van der Waals surface area contributed by atoms with Crippen molar-refractivity contribution in [3.05, 3.63) is 155 Å². The zero-order chi connectivity index (χ0) is 30.0. The third-order valence-corrected chi connectivity index (χ3v) is 6.85. The molecule has 0 aliphatic rings. The zero-order valence-electron chi connectivity index (χ0n) is 22.9. The summed E-state index contributed by atoms with van der Waals surface area (Å²) in [7, 11) is 0. The molecule has 0 spiro atoms. The lowest BCUT2D eigenvalue weighted by atomic mass is 9.89. The molecule has 4 aromatic carbocycles. The summed E-state index contributed by atoms with van der Waals surface area (Å²) in [6.45, 7) is 1.01. The van der Waals surface area contributed by atoms with Gasteiger partial charge in [-0.15, -0.1) is 0 Å². The summed E-state index contributed by atoms with van der Waals surface area (Å²) in [5.41, 5.74) is 5.10. The number of aromatic carboxylic acids is 1. The number of aromatic nitrogens is 1. The first kappa shape index (κ1) is 28.8. The number of hydrogen-bond donors (Lipinski definition) is 1. The number of hydrogen-bond acceptors (Lipinski definition) is 7. The Morgan fingerprint density at radius 2 is 1.37 bits per heavy atom. The zero-order valence-corrected chi connectivity index (χ0v) is 22.9. The molecule has 0 saturated heterocycles. The fourth-order valence-electron chi connectivity index (χ4n) is 4.81. The molecule has 0 bridgehead atoms. The van der Waals surface area contributed by atoms with Crippen molar-refractivity contribution >= 4 is 18.9 Å². The van der Waals surface area contributed by atoms with Gasteiger partial charge in [-0.05, 0) is 47.0 Å². The summed E-state index contributed by atoms with van der Waals surface area (Å²) in [4.78, 5) is 38.7. The Morgan fingerprint density at radius 1 is 0.721 bits per heavy atom. The predicted molar refractivity (Wildman–Crippen MR) is 158 cm³/mol. The molecule has 0 saturated carbocycles. The molecule has 0 radical (unpaired) electrons. The molecule has 2 atom stereocenters. The van der Waals surface area contributed by atoms with Crippen molar-refractivity contribution in [2.24, 2.45) is 0 Å². The van der Waals surface area contributed by atoms with Gasteiger partial charge in [0, 0.05) is 22.9 Å². The van der Waals surface area contributed by atoms with Crippen LogP contribution >= 0.6 is 0 Å². The second-order valence-corrected chi connectivity index (χ2v) is 9.56. The van der Waals surface area contributed by atoms with E-state index in [1.807, 2.05) is 103 Å². The van der Waals surface area contributed by atoms with Crippen LogP contribution in [0.5, 0.6) is 5.75 Å². The van der Waals surface area contributed by atoms with Crippen molar-refractivity contribution in [2.75, 3.05) is 0 Å². The van der Waals surface area contributed by atoms with Crippen LogP contribution in [0.4, 0.5) is 0 Å². The SMILES string of the molecule is O=COC(c1ccccc1)c1ccc(COc2cccc(-c3ccc(C(=O)O)cn3)c2)cc1C(OC=O)c1ccccc1. The van der Waals surface area contributed by atoms with Crippen molar-refractivity contribution in [3.8, 4) is 17.0 Å². The van der Waals surface area contributed by atoms with Crippen molar-refractivity contribution in [3.63, 3.8) is 0 Å². The van der Waals surface area contributed by atoms with Gasteiger partial charge in [0.05, 0.1) is 11.3 Å². The van der Waals surface area contributed by atoms with Crippen LogP contribution < -0.4 is 4.74 Å². The first-order valence-corrected chi connectivity index (χ1v) is 13.4. The van der Waals surface area contributed by atoms with Crippen LogP contribution in [0.1, 0.15) is 50.4 Å². The molecule has 8 nitrogen and oxygen atoms in total. The van der Waals surface area contributed by atoms with Crippen molar-refractivity contribution in [2.45, 2.75) is 18.8 Å². The van der Waals surface area contributed by atoms with Crippen LogP contribution in [-0.2, 0) is 25.7 Å². The maximum absolute atomic E-state index is 11.7. The molecule has 5 aromatic rings. The quantitative estimate of drug-likeness (QED) is 0.158. The number of carbonyl (C=O) groups is 3. The Balaban J connectivity index is 1.48. The predicted octanol–water partition coefficient (Wildman–Crippen LogP) is 6.55. The van der Waals surface area contributed by atoms with Crippen LogP contribution in [0.25, 0.3) is 11.3 Å². The van der Waals surface area contributed by atoms with Gasteiger partial charge in [-0.1, -0.05) is 84.9 Å². The minimum Gasteiger partial charge on any atom is -0.489 e. The largest absolute Gasteiger partial charge is 0.489 e. The number of carboxylic acids is 1. The van der Waals surface area contributed by atoms with Crippen molar-refractivity contribution in [1.82, 2.24) is 4.98 Å². The molecule has 43 heavy (non-hydrogen) atoms. The molecular weight excluding hydrogens is 546 g/mol. The standard InChI is InChI=1S/C35H27NO7/c37-22-42-33(25-8-3-1-4-9-25)30-16-14-24(18-31(30)34(43-23-38)26-10-5-2-6-11-26)21-41-29-13-7-12-27(19-29)32-17-15-28(20-36-32)35(39)40/h1-20,22-23,33-34H,21H2,(H,39,40). The van der Waals surface area contributed by atoms with Crippen LogP contribution in [-0.4, -0.2) is 29.0 Å². The summed E-state index contributed by atoms with van der Waals surface area (Å²) >= 11 is 0. The molecule has 1 aromatic heterocycles. The summed E-state index contributed by atoms with van der Waals surface area (Å²) in [6.07, 6.45) is -0.185. The Bertz CT molecular complexity index is 1690. The Morgan fingerprint density at radius 3 is 1.95 bits per heavy atom. The molecule has 8 heteroatoms. The Labute approximate surface area is 248 Å². The van der Waals surface area contributed by atoms with Crippen LogP contribution in [0.3, 0.4) is 0 Å². The number of carbonyl (C=O) groups excluding carboxylic acids is 2. The van der Waals surface area contributed by atoms with E-state index in [1.165, 1.54) is 12.3 Å². The normalized spacial score (nSPS) is 12.0. The smallest absolute Gasteiger partial charge is 0.337 e. The monoisotopic (exact) mass is 573 g/mol. The van der Waals surface area contributed by atoms with Crippen molar-refractivity contribution < 1.29 is 33.7 Å². The number of nitrogens with zero attached hydrogens (tertiary/aromatic N) is 1. The van der Waals surface area contributed by atoms with Gasteiger partial charge in [0.15, 0.2) is 12.2 Å². The van der Waals surface area contributed by atoms with E-state index < -0.39 is 18.2 Å². The third-order valence-electron chi connectivity index (χ3n) is 6.85. The van der Waals surface area contributed by atoms with Gasteiger partial charge < -0.3 is 19.3 Å². The van der Waals surface area contributed by atoms with Gasteiger partial charge in [0.2, 0.25) is 0 Å².